The quantitative estimate of drug-likeness (QED) is 0.926. The lowest BCUT2D eigenvalue weighted by atomic mass is 10.2. The molecule has 2 aromatic rings. The minimum absolute atomic E-state index is 0.0205. The molecule has 1 aromatic carbocycles. The molecule has 0 radical (unpaired) electrons. The summed E-state index contributed by atoms with van der Waals surface area (Å²) in [5.41, 5.74) is 0.600. The molecular weight excluding hydrogens is 268 g/mol. The van der Waals surface area contributed by atoms with E-state index in [9.17, 15) is 8.78 Å². The Bertz CT molecular complexity index is 659. The van der Waals surface area contributed by atoms with Crippen molar-refractivity contribution in [3.8, 4) is 6.07 Å². The number of nitriles is 1. The standard InChI is InChI=1S/C13H11F2N3S/c1-3-9-7(2)19-13(17-9)18-10-5-4-8(6-16)11(14)12(10)15/h4-5H,3H2,1-2H3,(H,17,18). The zero-order valence-corrected chi connectivity index (χ0v) is 11.2. The van der Waals surface area contributed by atoms with Gasteiger partial charge >= 0.3 is 0 Å². The second-order valence-electron chi connectivity index (χ2n) is 3.90. The molecule has 2 rings (SSSR count). The van der Waals surface area contributed by atoms with Crippen LogP contribution < -0.4 is 5.32 Å². The first kappa shape index (κ1) is 13.4. The lowest BCUT2D eigenvalue weighted by Crippen LogP contribution is -1.98. The van der Waals surface area contributed by atoms with Crippen LogP contribution >= 0.6 is 11.3 Å². The molecule has 19 heavy (non-hydrogen) atoms. The van der Waals surface area contributed by atoms with E-state index in [-0.39, 0.29) is 11.3 Å². The van der Waals surface area contributed by atoms with Crippen molar-refractivity contribution in [2.24, 2.45) is 0 Å². The van der Waals surface area contributed by atoms with Gasteiger partial charge in [0.25, 0.3) is 0 Å². The number of nitrogens with zero attached hydrogens (tertiary/aromatic N) is 2. The van der Waals surface area contributed by atoms with Gasteiger partial charge in [0.05, 0.1) is 16.9 Å². The summed E-state index contributed by atoms with van der Waals surface area (Å²) in [5.74, 6) is -2.21. The van der Waals surface area contributed by atoms with Crippen LogP contribution in [0.15, 0.2) is 12.1 Å². The molecule has 0 fully saturated rings. The third-order valence-electron chi connectivity index (χ3n) is 2.67. The van der Waals surface area contributed by atoms with E-state index in [1.807, 2.05) is 13.8 Å². The molecule has 0 unspecified atom stereocenters. The zero-order chi connectivity index (χ0) is 14.0. The maximum absolute atomic E-state index is 13.7. The predicted molar refractivity (Wildman–Crippen MR) is 70.6 cm³/mol. The number of thiazole rings is 1. The Kier molecular flexibility index (Phi) is 3.76. The van der Waals surface area contributed by atoms with Gasteiger partial charge in [-0.2, -0.15) is 5.26 Å². The van der Waals surface area contributed by atoms with E-state index in [0.29, 0.717) is 5.13 Å². The van der Waals surface area contributed by atoms with E-state index in [2.05, 4.69) is 10.3 Å². The van der Waals surface area contributed by atoms with Gasteiger partial charge in [0, 0.05) is 4.88 Å². The molecule has 0 saturated heterocycles. The van der Waals surface area contributed by atoms with Gasteiger partial charge < -0.3 is 5.32 Å². The second-order valence-corrected chi connectivity index (χ2v) is 5.10. The van der Waals surface area contributed by atoms with Crippen molar-refractivity contribution < 1.29 is 8.78 Å². The van der Waals surface area contributed by atoms with Crippen molar-refractivity contribution in [1.82, 2.24) is 4.98 Å². The molecule has 0 atom stereocenters. The van der Waals surface area contributed by atoms with Crippen LogP contribution in [0.1, 0.15) is 23.1 Å². The van der Waals surface area contributed by atoms with Crippen molar-refractivity contribution in [2.45, 2.75) is 20.3 Å². The molecule has 3 nitrogen and oxygen atoms in total. The van der Waals surface area contributed by atoms with Crippen LogP contribution in [-0.4, -0.2) is 4.98 Å². The number of anilines is 2. The number of nitrogens with one attached hydrogen (secondary N) is 1. The maximum atomic E-state index is 13.7. The van der Waals surface area contributed by atoms with Gasteiger partial charge in [-0.3, -0.25) is 0 Å². The van der Waals surface area contributed by atoms with Crippen molar-refractivity contribution in [3.63, 3.8) is 0 Å². The highest BCUT2D eigenvalue weighted by Crippen LogP contribution is 2.28. The van der Waals surface area contributed by atoms with E-state index >= 15 is 0 Å². The molecule has 0 aliphatic heterocycles. The lowest BCUT2D eigenvalue weighted by molar-refractivity contribution is 0.509. The van der Waals surface area contributed by atoms with Gasteiger partial charge in [0.2, 0.25) is 0 Å². The first-order valence-electron chi connectivity index (χ1n) is 5.68. The van der Waals surface area contributed by atoms with E-state index < -0.39 is 11.6 Å². The molecule has 0 aliphatic carbocycles. The fourth-order valence-corrected chi connectivity index (χ4v) is 2.57. The monoisotopic (exact) mass is 279 g/mol. The third-order valence-corrected chi connectivity index (χ3v) is 3.60. The Labute approximate surface area is 113 Å². The van der Waals surface area contributed by atoms with Gasteiger partial charge in [-0.25, -0.2) is 13.8 Å². The van der Waals surface area contributed by atoms with Gasteiger partial charge in [-0.05, 0) is 25.5 Å². The average Bonchev–Trinajstić information content (AvgIpc) is 2.75. The van der Waals surface area contributed by atoms with Crippen LogP contribution in [0.5, 0.6) is 0 Å². The Morgan fingerprint density at radius 2 is 2.11 bits per heavy atom. The van der Waals surface area contributed by atoms with Crippen LogP contribution in [0.2, 0.25) is 0 Å². The molecule has 0 aliphatic rings. The number of hydrogen-bond acceptors (Lipinski definition) is 4. The SMILES string of the molecule is CCc1nc(Nc2ccc(C#N)c(F)c2F)sc1C. The highest BCUT2D eigenvalue weighted by Gasteiger charge is 2.14. The summed E-state index contributed by atoms with van der Waals surface area (Å²) in [6, 6.07) is 4.16. The number of halogens is 2. The smallest absolute Gasteiger partial charge is 0.187 e. The molecule has 1 N–H and O–H groups in total. The van der Waals surface area contributed by atoms with Crippen LogP contribution in [0.4, 0.5) is 19.6 Å². The van der Waals surface area contributed by atoms with Gasteiger partial charge in [0.15, 0.2) is 16.8 Å². The average molecular weight is 279 g/mol. The largest absolute Gasteiger partial charge is 0.329 e. The van der Waals surface area contributed by atoms with E-state index in [1.165, 1.54) is 23.5 Å². The Morgan fingerprint density at radius 3 is 2.68 bits per heavy atom. The predicted octanol–water partition coefficient (Wildman–Crippen LogP) is 3.91. The second kappa shape index (κ2) is 5.33. The van der Waals surface area contributed by atoms with Gasteiger partial charge in [-0.15, -0.1) is 11.3 Å². The maximum Gasteiger partial charge on any atom is 0.187 e. The molecule has 98 valence electrons. The number of hydrogen-bond donors (Lipinski definition) is 1. The fraction of sp³-hybridized carbons (Fsp3) is 0.231. The van der Waals surface area contributed by atoms with E-state index in [0.717, 1.165) is 17.0 Å². The van der Waals surface area contributed by atoms with E-state index in [1.54, 1.807) is 6.07 Å². The molecule has 0 bridgehead atoms. The van der Waals surface area contributed by atoms with E-state index in [4.69, 9.17) is 5.26 Å². The molecule has 0 saturated carbocycles. The zero-order valence-electron chi connectivity index (χ0n) is 10.4. The highest BCUT2D eigenvalue weighted by atomic mass is 32.1. The first-order valence-corrected chi connectivity index (χ1v) is 6.49. The van der Waals surface area contributed by atoms with Crippen molar-refractivity contribution >= 4 is 22.2 Å². The molecule has 0 spiro atoms. The minimum atomic E-state index is -1.14. The summed E-state index contributed by atoms with van der Waals surface area (Å²) < 4.78 is 27.2. The Morgan fingerprint density at radius 1 is 1.37 bits per heavy atom. The third kappa shape index (κ3) is 2.56. The minimum Gasteiger partial charge on any atom is -0.329 e. The number of aromatic nitrogens is 1. The van der Waals surface area contributed by atoms with Crippen molar-refractivity contribution in [2.75, 3.05) is 5.32 Å². The van der Waals surface area contributed by atoms with Crippen LogP contribution in [0.25, 0.3) is 0 Å². The summed E-state index contributed by atoms with van der Waals surface area (Å²) in [7, 11) is 0. The highest BCUT2D eigenvalue weighted by molar-refractivity contribution is 7.15. The summed E-state index contributed by atoms with van der Waals surface area (Å²) >= 11 is 1.38. The summed E-state index contributed by atoms with van der Waals surface area (Å²) in [6.07, 6.45) is 0.786. The normalized spacial score (nSPS) is 10.3. The topological polar surface area (TPSA) is 48.7 Å². The summed E-state index contributed by atoms with van der Waals surface area (Å²) in [6.45, 7) is 3.91. The lowest BCUT2D eigenvalue weighted by Gasteiger charge is -2.05. The first-order chi connectivity index (χ1) is 9.06. The molecule has 1 heterocycles. The van der Waals surface area contributed by atoms with Crippen LogP contribution in [0.3, 0.4) is 0 Å². The number of aryl methyl sites for hydroxylation is 2. The van der Waals surface area contributed by atoms with Crippen molar-refractivity contribution in [3.05, 3.63) is 39.9 Å². The molecule has 6 heteroatoms. The van der Waals surface area contributed by atoms with Crippen LogP contribution in [0, 0.1) is 29.9 Å². The Hall–Kier alpha value is -2.00. The Balaban J connectivity index is 2.33. The van der Waals surface area contributed by atoms with Crippen LogP contribution in [-0.2, 0) is 6.42 Å². The summed E-state index contributed by atoms with van der Waals surface area (Å²) in [5, 5.41) is 11.9. The summed E-state index contributed by atoms with van der Waals surface area (Å²) in [4.78, 5) is 5.33. The number of rotatable bonds is 3. The molecule has 0 amide bonds. The van der Waals surface area contributed by atoms with Gasteiger partial charge in [-0.1, -0.05) is 6.92 Å². The molecular formula is C13H11F2N3S. The number of benzene rings is 1. The van der Waals surface area contributed by atoms with Gasteiger partial charge in [0.1, 0.15) is 6.07 Å². The van der Waals surface area contributed by atoms with Crippen molar-refractivity contribution in [1.29, 1.82) is 5.26 Å². The molecule has 1 aromatic heterocycles. The fourth-order valence-electron chi connectivity index (χ4n) is 1.66.